The zero-order valence-corrected chi connectivity index (χ0v) is 33.9. The quantitative estimate of drug-likeness (QED) is 0.112. The Bertz CT molecular complexity index is 1610. The molecule has 0 heterocycles. The topological polar surface area (TPSA) is 170 Å². The molecule has 0 spiro atoms. The van der Waals surface area contributed by atoms with Crippen molar-refractivity contribution in [1.29, 1.82) is 0 Å². The average Bonchev–Trinajstić information content (AvgIpc) is 3.24. The molecule has 276 valence electrons. The van der Waals surface area contributed by atoms with Gasteiger partial charge in [0.15, 0.2) is 0 Å². The van der Waals surface area contributed by atoms with Crippen LogP contribution in [0.2, 0.25) is 0 Å². The second-order valence-corrected chi connectivity index (χ2v) is 16.6. The first-order valence-corrected chi connectivity index (χ1v) is 19.0. The summed E-state index contributed by atoms with van der Waals surface area (Å²) in [6, 6.07) is 65.7. The van der Waals surface area contributed by atoms with Gasteiger partial charge in [0.2, 0.25) is 7.41 Å². The van der Waals surface area contributed by atoms with Crippen LogP contribution in [-0.4, -0.2) is 5.75 Å². The van der Waals surface area contributed by atoms with Crippen molar-refractivity contribution in [3.63, 3.8) is 0 Å². The van der Waals surface area contributed by atoms with E-state index in [0.717, 1.165) is 5.75 Å². The van der Waals surface area contributed by atoms with Crippen LogP contribution in [0.3, 0.4) is 0 Å². The van der Waals surface area contributed by atoms with Crippen LogP contribution in [0, 0.1) is 19.6 Å². The second kappa shape index (κ2) is 31.6. The van der Waals surface area contributed by atoms with Crippen molar-refractivity contribution in [2.24, 2.45) is 4.52 Å². The summed E-state index contributed by atoms with van der Waals surface area (Å²) in [7, 11) is -4.99. The number of nitroso groups, excluding NO2 is 4. The Kier molecular flexibility index (Phi) is 31.9. The van der Waals surface area contributed by atoms with Crippen LogP contribution in [0.1, 0.15) is 6.92 Å². The third kappa shape index (κ3) is 13.8. The zero-order valence-electron chi connectivity index (χ0n) is 28.3. The van der Waals surface area contributed by atoms with Gasteiger partial charge in [0, 0.05) is 50.1 Å². The molecular weight excluding hydrogens is 828 g/mol. The van der Waals surface area contributed by atoms with Crippen molar-refractivity contribution in [1.82, 2.24) is 22.4 Å². The van der Waals surface area contributed by atoms with Gasteiger partial charge in [0.05, 0.1) is 0 Å². The summed E-state index contributed by atoms with van der Waals surface area (Å²) in [6.45, 7) is 1.94. The Morgan fingerprint density at radius 2 is 0.604 bits per heavy atom. The summed E-state index contributed by atoms with van der Waals surface area (Å²) in [4.78, 5) is 29.0. The molecule has 0 N–H and O–H groups in total. The van der Waals surface area contributed by atoms with E-state index in [1.165, 1.54) is 31.8 Å². The van der Waals surface area contributed by atoms with Gasteiger partial charge in [0.25, 0.3) is 0 Å². The van der Waals surface area contributed by atoms with Crippen LogP contribution in [0.25, 0.3) is 0 Å². The minimum Gasteiger partial charge on any atom is -2.00 e. The van der Waals surface area contributed by atoms with E-state index in [9.17, 15) is 0 Å². The first-order valence-electron chi connectivity index (χ1n) is 14.9. The van der Waals surface area contributed by atoms with Crippen molar-refractivity contribution >= 4 is 72.4 Å². The first kappa shape index (κ1) is 53.5. The van der Waals surface area contributed by atoms with E-state index in [2.05, 4.69) is 195 Å². The van der Waals surface area contributed by atoms with Crippen molar-refractivity contribution in [2.45, 2.75) is 6.92 Å². The monoisotopic (exact) mass is 863 g/mol. The van der Waals surface area contributed by atoms with E-state index < -0.39 is 14.5 Å². The molecule has 0 amide bonds. The van der Waals surface area contributed by atoms with Gasteiger partial charge in [-0.1, -0.05) is 153 Å². The third-order valence-corrected chi connectivity index (χ3v) is 15.5. The summed E-state index contributed by atoms with van der Waals surface area (Å²) < 4.78 is 6.38. The Morgan fingerprint density at radius 3 is 0.792 bits per heavy atom. The minimum absolute atomic E-state index is 0. The normalized spacial score (nSPS) is 9.17. The van der Waals surface area contributed by atoms with E-state index in [1.54, 1.807) is 0 Å². The third-order valence-electron chi connectivity index (χ3n) is 7.05. The molecule has 0 atom stereocenters. The van der Waals surface area contributed by atoms with Gasteiger partial charge in [-0.05, 0) is 36.4 Å². The molecule has 9 nitrogen and oxygen atoms in total. The number of benzene rings is 6. The molecule has 6 rings (SSSR count). The smallest absolute Gasteiger partial charge is 0.228 e. The maximum atomic E-state index is 7.25. The molecule has 6 aromatic carbocycles. The molecule has 53 heavy (non-hydrogen) atoms. The maximum Gasteiger partial charge on any atom is 0.228 e. The van der Waals surface area contributed by atoms with Crippen LogP contribution in [0.4, 0.5) is 0 Å². The number of hydrogen-bond acceptors (Lipinski definition) is 6. The first-order chi connectivity index (χ1) is 24.8. The van der Waals surface area contributed by atoms with E-state index in [4.69, 9.17) is 46.5 Å². The minimum atomic E-state index is -2.50. The molecule has 6 aromatic rings. The van der Waals surface area contributed by atoms with Gasteiger partial charge >= 0.3 is 0 Å². The predicted octanol–water partition coefficient (Wildman–Crippen LogP) is 5.83. The van der Waals surface area contributed by atoms with Crippen molar-refractivity contribution in [3.05, 3.63) is 202 Å². The summed E-state index contributed by atoms with van der Waals surface area (Å²) in [6.07, 6.45) is 0. The fraction of sp³-hybridized carbons (Fsp3) is 0.0526. The SMILES string of the molecule is CC[S-].[Fe].[Fe].[N]=O.[N]=O.[N]=O.[N]=O.[S-2].c1ccc(P(=N[P+](c2ccccc2)(c2ccccc2)c2ccccc2)(c2ccccc2)c2ccccc2)cc1. The van der Waals surface area contributed by atoms with Crippen LogP contribution >= 0.6 is 14.5 Å². The molecular formula is C38H35Fe2N5O4P2S2-2. The number of nitrogens with zero attached hydrogens (tertiary/aromatic N) is 5. The molecule has 0 unspecified atom stereocenters. The van der Waals surface area contributed by atoms with Crippen LogP contribution in [0.15, 0.2) is 187 Å². The molecule has 0 bridgehead atoms. The van der Waals surface area contributed by atoms with Gasteiger partial charge < -0.3 is 26.1 Å². The van der Waals surface area contributed by atoms with Crippen LogP contribution in [0.5, 0.6) is 0 Å². The standard InChI is InChI=1S/C36H30NP2.C2H6S.2Fe.4NO.S/c1-7-19-31(20-8-1)38(32-21-9-2-10-22-32,33-23-11-3-12-24-33)37-39(34-25-13-4-14-26-34,35-27-15-5-16-28-35)36-29-17-6-18-30-36;1-2-3;;;4*1-2;/h1-30H;3H,2H2,1H3;;;;;;;/q+1;;;;;;;;-2/p-1. The molecule has 0 aliphatic rings. The fourth-order valence-electron chi connectivity index (χ4n) is 5.27. The second-order valence-electron chi connectivity index (χ2n) is 9.66. The Labute approximate surface area is 345 Å². The van der Waals surface area contributed by atoms with Crippen molar-refractivity contribution < 1.29 is 34.1 Å². The van der Waals surface area contributed by atoms with E-state index in [-0.39, 0.29) is 47.6 Å². The summed E-state index contributed by atoms with van der Waals surface area (Å²) >= 11 is 4.39. The molecule has 15 heteroatoms. The zero-order chi connectivity index (χ0) is 37.1. The van der Waals surface area contributed by atoms with Crippen molar-refractivity contribution in [2.75, 3.05) is 5.75 Å². The summed E-state index contributed by atoms with van der Waals surface area (Å²) in [5, 5.41) is 7.55. The number of rotatable bonds is 7. The van der Waals surface area contributed by atoms with Crippen LogP contribution in [-0.2, 0) is 60.3 Å². The predicted molar refractivity (Wildman–Crippen MR) is 220 cm³/mol. The Balaban J connectivity index is -0.00000163. The molecule has 0 aliphatic carbocycles. The molecule has 0 saturated heterocycles. The van der Waals surface area contributed by atoms with E-state index in [0.29, 0.717) is 0 Å². The van der Waals surface area contributed by atoms with Crippen molar-refractivity contribution in [3.8, 4) is 0 Å². The van der Waals surface area contributed by atoms with Gasteiger partial charge in [-0.2, -0.15) is 5.75 Å². The van der Waals surface area contributed by atoms with Gasteiger partial charge in [-0.3, -0.25) is 0 Å². The summed E-state index contributed by atoms with van der Waals surface area (Å²) in [5.41, 5.74) is 23.0. The molecule has 0 saturated carbocycles. The Morgan fingerprint density at radius 1 is 0.434 bits per heavy atom. The van der Waals surface area contributed by atoms with Gasteiger partial charge in [-0.15, -0.1) is 24.1 Å². The Hall–Kier alpha value is -3.88. The van der Waals surface area contributed by atoms with Gasteiger partial charge in [-0.25, -0.2) is 0 Å². The maximum absolute atomic E-state index is 7.25. The molecule has 0 aromatic heterocycles. The van der Waals surface area contributed by atoms with E-state index >= 15 is 0 Å². The molecule has 0 aliphatic heterocycles. The van der Waals surface area contributed by atoms with E-state index in [1.807, 2.05) is 6.92 Å². The average molecular weight is 864 g/mol. The molecule has 0 fully saturated rings. The number of hydrogen-bond donors (Lipinski definition) is 0. The summed E-state index contributed by atoms with van der Waals surface area (Å²) in [5.74, 6) is 0.833. The molecule has 4 radical (unpaired) electrons. The fourth-order valence-corrected chi connectivity index (χ4v) is 14.8. The largest absolute Gasteiger partial charge is 2.00 e. The van der Waals surface area contributed by atoms with Gasteiger partial charge in [0.1, 0.15) is 45.3 Å². The van der Waals surface area contributed by atoms with Crippen LogP contribution < -0.4 is 54.2 Å².